The van der Waals surface area contributed by atoms with Crippen LogP contribution < -0.4 is 10.1 Å². The molecule has 7 nitrogen and oxygen atoms in total. The maximum absolute atomic E-state index is 12.9. The zero-order valence-corrected chi connectivity index (χ0v) is 18.2. The molecule has 2 aromatic rings. The van der Waals surface area contributed by atoms with Gasteiger partial charge in [-0.3, -0.25) is 9.59 Å². The number of fused-ring (bicyclic) bond motifs is 2. The molecular weight excluding hydrogens is 460 g/mol. The highest BCUT2D eigenvalue weighted by molar-refractivity contribution is 9.10. The molecule has 0 bridgehead atoms. The third kappa shape index (κ3) is 3.32. The van der Waals surface area contributed by atoms with Crippen molar-refractivity contribution in [1.82, 2.24) is 9.62 Å². The van der Waals surface area contributed by atoms with Gasteiger partial charge in [-0.15, -0.1) is 0 Å². The molecule has 9 heteroatoms. The molecule has 1 atom stereocenters. The number of rotatable bonds is 3. The van der Waals surface area contributed by atoms with Gasteiger partial charge in [0.25, 0.3) is 21.8 Å². The molecule has 1 N–H and O–H groups in total. The van der Waals surface area contributed by atoms with Crippen molar-refractivity contribution >= 4 is 37.8 Å². The van der Waals surface area contributed by atoms with Crippen molar-refractivity contribution in [3.63, 3.8) is 0 Å². The third-order valence-electron chi connectivity index (χ3n) is 5.00. The third-order valence-corrected chi connectivity index (χ3v) is 7.49. The standard InChI is InChI=1S/C20H19BrN2O5S/c1-11(2)23-20(25)14-5-3-12(9-18(14)29(23,26)27)19(24)22-16-7-8-28-17-6-4-13(21)10-15(16)17/h3-6,9-11,16H,7-8H2,1-2H3,(H,22,24). The van der Waals surface area contributed by atoms with E-state index in [0.717, 1.165) is 14.3 Å². The molecular formula is C20H19BrN2O5S. The number of nitrogens with one attached hydrogen (secondary N) is 1. The van der Waals surface area contributed by atoms with Crippen molar-refractivity contribution in [2.24, 2.45) is 0 Å². The topological polar surface area (TPSA) is 92.8 Å². The van der Waals surface area contributed by atoms with Crippen LogP contribution in [0.1, 0.15) is 52.6 Å². The van der Waals surface area contributed by atoms with Crippen molar-refractivity contribution in [3.05, 3.63) is 57.6 Å². The van der Waals surface area contributed by atoms with Crippen molar-refractivity contribution in [3.8, 4) is 5.75 Å². The molecule has 4 rings (SSSR count). The second-order valence-electron chi connectivity index (χ2n) is 7.26. The number of carbonyl (C=O) groups excluding carboxylic acids is 2. The van der Waals surface area contributed by atoms with E-state index in [1.807, 2.05) is 18.2 Å². The van der Waals surface area contributed by atoms with Crippen LogP contribution in [0.25, 0.3) is 0 Å². The molecule has 0 saturated carbocycles. The largest absolute Gasteiger partial charge is 0.493 e. The van der Waals surface area contributed by atoms with Crippen molar-refractivity contribution in [1.29, 1.82) is 0 Å². The minimum atomic E-state index is -3.96. The summed E-state index contributed by atoms with van der Waals surface area (Å²) in [4.78, 5) is 25.2. The van der Waals surface area contributed by atoms with Gasteiger partial charge in [-0.05, 0) is 50.2 Å². The van der Waals surface area contributed by atoms with E-state index < -0.39 is 27.9 Å². The van der Waals surface area contributed by atoms with Crippen molar-refractivity contribution < 1.29 is 22.7 Å². The Morgan fingerprint density at radius 1 is 1.24 bits per heavy atom. The first-order chi connectivity index (χ1) is 13.7. The van der Waals surface area contributed by atoms with Crippen LogP contribution >= 0.6 is 15.9 Å². The summed E-state index contributed by atoms with van der Waals surface area (Å²) < 4.78 is 32.9. The second-order valence-corrected chi connectivity index (χ2v) is 9.96. The van der Waals surface area contributed by atoms with Crippen LogP contribution in [0, 0.1) is 0 Å². The molecule has 2 heterocycles. The molecule has 29 heavy (non-hydrogen) atoms. The summed E-state index contributed by atoms with van der Waals surface area (Å²) in [5, 5.41) is 2.95. The normalized spacial score (nSPS) is 19.5. The van der Waals surface area contributed by atoms with Gasteiger partial charge in [0.1, 0.15) is 10.6 Å². The summed E-state index contributed by atoms with van der Waals surface area (Å²) in [7, 11) is -3.96. The summed E-state index contributed by atoms with van der Waals surface area (Å²) >= 11 is 3.43. The molecule has 1 unspecified atom stereocenters. The predicted molar refractivity (Wildman–Crippen MR) is 109 cm³/mol. The number of amides is 2. The number of hydrogen-bond donors (Lipinski definition) is 1. The van der Waals surface area contributed by atoms with Gasteiger partial charge in [-0.2, -0.15) is 0 Å². The molecule has 2 aliphatic heterocycles. The zero-order valence-electron chi connectivity index (χ0n) is 15.8. The van der Waals surface area contributed by atoms with E-state index in [1.165, 1.54) is 18.2 Å². The number of carbonyl (C=O) groups is 2. The monoisotopic (exact) mass is 478 g/mol. The van der Waals surface area contributed by atoms with E-state index in [1.54, 1.807) is 13.8 Å². The lowest BCUT2D eigenvalue weighted by atomic mass is 10.00. The lowest BCUT2D eigenvalue weighted by molar-refractivity contribution is 0.0844. The van der Waals surface area contributed by atoms with Crippen LogP contribution in [0.2, 0.25) is 0 Å². The van der Waals surface area contributed by atoms with Crippen LogP contribution in [0.4, 0.5) is 0 Å². The van der Waals surface area contributed by atoms with E-state index in [9.17, 15) is 18.0 Å². The number of ether oxygens (including phenoxy) is 1. The fourth-order valence-electron chi connectivity index (χ4n) is 3.66. The van der Waals surface area contributed by atoms with E-state index in [2.05, 4.69) is 21.2 Å². The smallest absolute Gasteiger partial charge is 0.269 e. The van der Waals surface area contributed by atoms with Gasteiger partial charge in [0, 0.05) is 28.1 Å². The first kappa shape index (κ1) is 19.9. The van der Waals surface area contributed by atoms with Gasteiger partial charge in [0.2, 0.25) is 0 Å². The Kier molecular flexibility index (Phi) is 4.90. The Bertz CT molecular complexity index is 1130. The highest BCUT2D eigenvalue weighted by Gasteiger charge is 2.43. The highest BCUT2D eigenvalue weighted by atomic mass is 79.9. The first-order valence-corrected chi connectivity index (χ1v) is 11.4. The van der Waals surface area contributed by atoms with Gasteiger partial charge in [-0.25, -0.2) is 12.7 Å². The molecule has 0 fully saturated rings. The number of sulfonamides is 1. The summed E-state index contributed by atoms with van der Waals surface area (Å²) in [5.74, 6) is -0.263. The van der Waals surface area contributed by atoms with Crippen LogP contribution in [-0.4, -0.2) is 37.2 Å². The summed E-state index contributed by atoms with van der Waals surface area (Å²) in [6.07, 6.45) is 0.595. The van der Waals surface area contributed by atoms with Gasteiger partial charge >= 0.3 is 0 Å². The minimum Gasteiger partial charge on any atom is -0.493 e. The Labute approximate surface area is 177 Å². The molecule has 0 radical (unpaired) electrons. The fourth-order valence-corrected chi connectivity index (χ4v) is 5.83. The quantitative estimate of drug-likeness (QED) is 0.730. The molecule has 2 amide bonds. The molecule has 2 aliphatic rings. The van der Waals surface area contributed by atoms with E-state index in [-0.39, 0.29) is 22.1 Å². The van der Waals surface area contributed by atoms with Crippen LogP contribution in [0.15, 0.2) is 45.8 Å². The Balaban J connectivity index is 1.64. The number of hydrogen-bond acceptors (Lipinski definition) is 5. The average Bonchev–Trinajstić information content (AvgIpc) is 2.87. The molecule has 152 valence electrons. The summed E-state index contributed by atoms with van der Waals surface area (Å²) in [5.41, 5.74) is 1.14. The maximum atomic E-state index is 12.9. The fraction of sp³-hybridized carbons (Fsp3) is 0.300. The minimum absolute atomic E-state index is 0.0931. The lowest BCUT2D eigenvalue weighted by Crippen LogP contribution is -2.36. The van der Waals surface area contributed by atoms with Crippen LogP contribution in [0.5, 0.6) is 5.75 Å². The highest BCUT2D eigenvalue weighted by Crippen LogP contribution is 2.35. The predicted octanol–water partition coefficient (Wildman–Crippen LogP) is 3.26. The Hall–Kier alpha value is -2.39. The van der Waals surface area contributed by atoms with Gasteiger partial charge in [0.15, 0.2) is 0 Å². The number of benzene rings is 2. The molecule has 0 saturated heterocycles. The first-order valence-electron chi connectivity index (χ1n) is 9.16. The van der Waals surface area contributed by atoms with Crippen LogP contribution in [0.3, 0.4) is 0 Å². The lowest BCUT2D eigenvalue weighted by Gasteiger charge is -2.27. The van der Waals surface area contributed by atoms with Crippen molar-refractivity contribution in [2.45, 2.75) is 37.2 Å². The van der Waals surface area contributed by atoms with Gasteiger partial charge < -0.3 is 10.1 Å². The van der Waals surface area contributed by atoms with E-state index >= 15 is 0 Å². The average molecular weight is 479 g/mol. The second kappa shape index (κ2) is 7.14. The molecule has 0 aliphatic carbocycles. The summed E-state index contributed by atoms with van der Waals surface area (Å²) in [6.45, 7) is 3.74. The van der Waals surface area contributed by atoms with E-state index in [0.29, 0.717) is 18.8 Å². The zero-order chi connectivity index (χ0) is 20.9. The number of halogens is 1. The Morgan fingerprint density at radius 3 is 2.72 bits per heavy atom. The molecule has 2 aromatic carbocycles. The summed E-state index contributed by atoms with van der Waals surface area (Å²) in [6, 6.07) is 9.00. The molecule has 0 aromatic heterocycles. The Morgan fingerprint density at radius 2 is 2.00 bits per heavy atom. The maximum Gasteiger partial charge on any atom is 0.269 e. The van der Waals surface area contributed by atoms with Crippen LogP contribution in [-0.2, 0) is 10.0 Å². The van der Waals surface area contributed by atoms with E-state index in [4.69, 9.17) is 4.74 Å². The SMILES string of the molecule is CC(C)N1C(=O)c2ccc(C(=O)NC3CCOc4ccc(Br)cc43)cc2S1(=O)=O. The number of nitrogens with zero attached hydrogens (tertiary/aromatic N) is 1. The van der Waals surface area contributed by atoms with Gasteiger partial charge in [0.05, 0.1) is 18.2 Å². The molecule has 0 spiro atoms. The van der Waals surface area contributed by atoms with Crippen molar-refractivity contribution in [2.75, 3.05) is 6.61 Å². The van der Waals surface area contributed by atoms with Gasteiger partial charge in [-0.1, -0.05) is 15.9 Å².